The number of anilines is 1. The number of aromatic nitrogens is 5. The maximum absolute atomic E-state index is 12.0. The Bertz CT molecular complexity index is 762. The van der Waals surface area contributed by atoms with E-state index in [1.54, 1.807) is 10.8 Å². The standard InChI is InChI=1S/C16H22N6O/c1-3-21-15(19-20-16(21)23)14-12(11-4-5-11)6-7-22(14)13-8-10(2)9-17-18-13/h8-9,11-12,14H,3-7H2,1-2H3,(H,20,23). The monoisotopic (exact) mass is 314 g/mol. The molecule has 4 rings (SSSR count). The normalized spacial score (nSPS) is 24.3. The van der Waals surface area contributed by atoms with Crippen molar-refractivity contribution < 1.29 is 0 Å². The summed E-state index contributed by atoms with van der Waals surface area (Å²) in [4.78, 5) is 14.3. The van der Waals surface area contributed by atoms with Crippen LogP contribution in [-0.2, 0) is 6.54 Å². The zero-order valence-electron chi connectivity index (χ0n) is 13.6. The van der Waals surface area contributed by atoms with Crippen molar-refractivity contribution in [2.24, 2.45) is 11.8 Å². The number of hydrogen-bond acceptors (Lipinski definition) is 5. The van der Waals surface area contributed by atoms with E-state index in [4.69, 9.17) is 0 Å². The van der Waals surface area contributed by atoms with E-state index in [9.17, 15) is 4.79 Å². The molecule has 23 heavy (non-hydrogen) atoms. The van der Waals surface area contributed by atoms with Crippen LogP contribution in [0.2, 0.25) is 0 Å². The molecular weight excluding hydrogens is 292 g/mol. The quantitative estimate of drug-likeness (QED) is 0.928. The second-order valence-electron chi connectivity index (χ2n) is 6.65. The molecule has 0 bridgehead atoms. The van der Waals surface area contributed by atoms with Crippen LogP contribution in [0.3, 0.4) is 0 Å². The lowest BCUT2D eigenvalue weighted by molar-refractivity contribution is 0.401. The second-order valence-corrected chi connectivity index (χ2v) is 6.65. The molecule has 2 atom stereocenters. The van der Waals surface area contributed by atoms with Gasteiger partial charge in [-0.15, -0.1) is 5.10 Å². The van der Waals surface area contributed by atoms with Gasteiger partial charge in [0.15, 0.2) is 11.6 Å². The van der Waals surface area contributed by atoms with Crippen LogP contribution >= 0.6 is 0 Å². The smallest absolute Gasteiger partial charge is 0.343 e. The molecule has 7 nitrogen and oxygen atoms in total. The van der Waals surface area contributed by atoms with Crippen LogP contribution in [-0.4, -0.2) is 31.5 Å². The summed E-state index contributed by atoms with van der Waals surface area (Å²) in [6.45, 7) is 5.58. The van der Waals surface area contributed by atoms with E-state index in [1.807, 2.05) is 13.8 Å². The van der Waals surface area contributed by atoms with Crippen LogP contribution in [0, 0.1) is 18.8 Å². The summed E-state index contributed by atoms with van der Waals surface area (Å²) in [5, 5.41) is 15.4. The van der Waals surface area contributed by atoms with Crippen LogP contribution in [0.5, 0.6) is 0 Å². The molecule has 122 valence electrons. The van der Waals surface area contributed by atoms with Gasteiger partial charge in [-0.3, -0.25) is 4.57 Å². The van der Waals surface area contributed by atoms with Gasteiger partial charge >= 0.3 is 5.69 Å². The van der Waals surface area contributed by atoms with Gasteiger partial charge in [0.1, 0.15) is 0 Å². The molecule has 2 unspecified atom stereocenters. The molecule has 0 amide bonds. The first-order valence-electron chi connectivity index (χ1n) is 8.40. The molecule has 2 aliphatic rings. The van der Waals surface area contributed by atoms with Gasteiger partial charge in [0.05, 0.1) is 12.2 Å². The first-order valence-corrected chi connectivity index (χ1v) is 8.40. The van der Waals surface area contributed by atoms with E-state index in [1.165, 1.54) is 12.8 Å². The Morgan fingerprint density at radius 1 is 1.35 bits per heavy atom. The van der Waals surface area contributed by atoms with Gasteiger partial charge in [-0.05, 0) is 56.6 Å². The highest BCUT2D eigenvalue weighted by molar-refractivity contribution is 5.43. The number of hydrogen-bond donors (Lipinski definition) is 1. The molecule has 2 aromatic heterocycles. The molecular formula is C16H22N6O. The molecule has 1 aliphatic carbocycles. The molecule has 0 radical (unpaired) electrons. The van der Waals surface area contributed by atoms with Crippen LogP contribution in [0.15, 0.2) is 17.1 Å². The van der Waals surface area contributed by atoms with Crippen LogP contribution in [0.4, 0.5) is 5.82 Å². The largest absolute Gasteiger partial charge is 0.345 e. The number of aromatic amines is 1. The summed E-state index contributed by atoms with van der Waals surface area (Å²) in [5.41, 5.74) is 0.970. The Morgan fingerprint density at radius 3 is 2.87 bits per heavy atom. The summed E-state index contributed by atoms with van der Waals surface area (Å²) in [6.07, 6.45) is 5.46. The maximum atomic E-state index is 12.0. The highest BCUT2D eigenvalue weighted by atomic mass is 16.1. The number of nitrogens with zero attached hydrogens (tertiary/aromatic N) is 5. The fourth-order valence-electron chi connectivity index (χ4n) is 3.87. The highest BCUT2D eigenvalue weighted by Gasteiger charge is 2.46. The summed E-state index contributed by atoms with van der Waals surface area (Å²) in [7, 11) is 0. The summed E-state index contributed by atoms with van der Waals surface area (Å²) in [6, 6.07) is 2.17. The van der Waals surface area contributed by atoms with Gasteiger partial charge in [0.25, 0.3) is 0 Å². The molecule has 1 saturated carbocycles. The van der Waals surface area contributed by atoms with Crippen molar-refractivity contribution in [1.29, 1.82) is 0 Å². The average molecular weight is 314 g/mol. The van der Waals surface area contributed by atoms with Crippen molar-refractivity contribution >= 4 is 5.82 Å². The second kappa shape index (κ2) is 5.47. The van der Waals surface area contributed by atoms with Gasteiger partial charge in [0.2, 0.25) is 0 Å². The van der Waals surface area contributed by atoms with E-state index >= 15 is 0 Å². The van der Waals surface area contributed by atoms with E-state index < -0.39 is 0 Å². The van der Waals surface area contributed by atoms with Gasteiger partial charge in [0, 0.05) is 13.1 Å². The fraction of sp³-hybridized carbons (Fsp3) is 0.625. The number of aryl methyl sites for hydroxylation is 1. The van der Waals surface area contributed by atoms with Crippen molar-refractivity contribution in [2.45, 2.75) is 45.7 Å². The summed E-state index contributed by atoms with van der Waals surface area (Å²) >= 11 is 0. The highest BCUT2D eigenvalue weighted by Crippen LogP contribution is 2.50. The van der Waals surface area contributed by atoms with Gasteiger partial charge < -0.3 is 4.90 Å². The SMILES string of the molecule is CCn1c(C2C(C3CC3)CCN2c2cc(C)cnn2)n[nH]c1=O. The average Bonchev–Trinajstić information content (AvgIpc) is 3.19. The van der Waals surface area contributed by atoms with Crippen molar-refractivity contribution in [3.05, 3.63) is 34.1 Å². The van der Waals surface area contributed by atoms with Gasteiger partial charge in [-0.25, -0.2) is 9.89 Å². The predicted molar refractivity (Wildman–Crippen MR) is 86.2 cm³/mol. The summed E-state index contributed by atoms with van der Waals surface area (Å²) < 4.78 is 1.75. The maximum Gasteiger partial charge on any atom is 0.343 e. The van der Waals surface area contributed by atoms with Crippen LogP contribution < -0.4 is 10.6 Å². The van der Waals surface area contributed by atoms with E-state index in [0.717, 1.165) is 36.1 Å². The van der Waals surface area contributed by atoms with Crippen molar-refractivity contribution in [2.75, 3.05) is 11.4 Å². The number of H-pyrrole nitrogens is 1. The third-order valence-electron chi connectivity index (χ3n) is 5.11. The number of nitrogens with one attached hydrogen (secondary N) is 1. The Hall–Kier alpha value is -2.18. The molecule has 7 heteroatoms. The minimum Gasteiger partial charge on any atom is -0.345 e. The van der Waals surface area contributed by atoms with Gasteiger partial charge in [-0.1, -0.05) is 0 Å². The fourth-order valence-corrected chi connectivity index (χ4v) is 3.87. The van der Waals surface area contributed by atoms with Gasteiger partial charge in [-0.2, -0.15) is 10.2 Å². The topological polar surface area (TPSA) is 79.7 Å². The molecule has 2 aromatic rings. The Labute approximate surface area is 134 Å². The van der Waals surface area contributed by atoms with Crippen LogP contribution in [0.1, 0.15) is 43.6 Å². The predicted octanol–water partition coefficient (Wildman–Crippen LogP) is 1.67. The van der Waals surface area contributed by atoms with Crippen molar-refractivity contribution in [1.82, 2.24) is 25.0 Å². The lowest BCUT2D eigenvalue weighted by Crippen LogP contribution is -2.31. The lowest BCUT2D eigenvalue weighted by Gasteiger charge is -2.28. The minimum atomic E-state index is -0.126. The minimum absolute atomic E-state index is 0.109. The van der Waals surface area contributed by atoms with Crippen molar-refractivity contribution in [3.8, 4) is 0 Å². The molecule has 0 spiro atoms. The lowest BCUT2D eigenvalue weighted by atomic mass is 9.94. The first-order chi connectivity index (χ1) is 11.2. The Balaban J connectivity index is 1.78. The Morgan fingerprint density at radius 2 is 2.17 bits per heavy atom. The molecule has 2 fully saturated rings. The van der Waals surface area contributed by atoms with Crippen molar-refractivity contribution in [3.63, 3.8) is 0 Å². The number of rotatable bonds is 4. The first kappa shape index (κ1) is 14.4. The molecule has 0 aromatic carbocycles. The third kappa shape index (κ3) is 2.44. The summed E-state index contributed by atoms with van der Waals surface area (Å²) in [5.74, 6) is 3.02. The van der Waals surface area contributed by atoms with E-state index in [0.29, 0.717) is 12.5 Å². The molecule has 3 heterocycles. The molecule has 1 saturated heterocycles. The zero-order chi connectivity index (χ0) is 16.0. The van der Waals surface area contributed by atoms with Crippen LogP contribution in [0.25, 0.3) is 0 Å². The third-order valence-corrected chi connectivity index (χ3v) is 5.11. The van der Waals surface area contributed by atoms with E-state index in [2.05, 4.69) is 31.4 Å². The molecule has 1 aliphatic heterocycles. The Kier molecular flexibility index (Phi) is 3.43. The van der Waals surface area contributed by atoms with E-state index in [-0.39, 0.29) is 11.7 Å². The molecule has 1 N–H and O–H groups in total. The zero-order valence-corrected chi connectivity index (χ0v) is 13.6.